The van der Waals surface area contributed by atoms with Crippen molar-refractivity contribution in [2.24, 2.45) is 0 Å². The fourth-order valence-electron chi connectivity index (χ4n) is 1.55. The molecule has 1 aromatic heterocycles. The molecule has 0 aromatic carbocycles. The van der Waals surface area contributed by atoms with Gasteiger partial charge in [-0.25, -0.2) is 0 Å². The maximum atomic E-state index is 5.52. The summed E-state index contributed by atoms with van der Waals surface area (Å²) in [5.41, 5.74) is 1.09. The van der Waals surface area contributed by atoms with Crippen LogP contribution >= 0.6 is 0 Å². The zero-order chi connectivity index (χ0) is 13.2. The Hall–Kier alpha value is -0.970. The van der Waals surface area contributed by atoms with Crippen LogP contribution in [0.25, 0.3) is 0 Å². The van der Waals surface area contributed by atoms with Crippen LogP contribution in [0.4, 0.5) is 0 Å². The molecule has 0 atom stereocenters. The fraction of sp³-hybridized carbons (Fsp3) is 0.643. The van der Waals surface area contributed by atoms with Gasteiger partial charge in [0.2, 0.25) is 0 Å². The predicted molar refractivity (Wildman–Crippen MR) is 74.5 cm³/mol. The first-order chi connectivity index (χ1) is 8.68. The largest absolute Gasteiger partial charge is 0.377 e. The van der Waals surface area contributed by atoms with E-state index >= 15 is 0 Å². The Morgan fingerprint density at radius 3 is 2.83 bits per heavy atom. The number of likely N-dealkylation sites (N-methyl/N-ethyl adjacent to an activating group) is 1. The lowest BCUT2D eigenvalue weighted by Gasteiger charge is -2.17. The van der Waals surface area contributed by atoms with Crippen LogP contribution in [0.2, 0.25) is 0 Å². The second-order valence-electron chi connectivity index (χ2n) is 4.72. The van der Waals surface area contributed by atoms with Crippen LogP contribution in [-0.4, -0.2) is 49.3 Å². The number of aromatic nitrogens is 1. The number of pyridine rings is 1. The third-order valence-electron chi connectivity index (χ3n) is 2.63. The van der Waals surface area contributed by atoms with Gasteiger partial charge in [-0.15, -0.1) is 0 Å². The zero-order valence-electron chi connectivity index (χ0n) is 11.7. The van der Waals surface area contributed by atoms with Crippen molar-refractivity contribution >= 4 is 0 Å². The maximum Gasteiger partial charge on any atom is 0.0596 e. The van der Waals surface area contributed by atoms with Gasteiger partial charge in [-0.2, -0.15) is 0 Å². The van der Waals surface area contributed by atoms with Crippen molar-refractivity contribution in [1.82, 2.24) is 15.2 Å². The summed E-state index contributed by atoms with van der Waals surface area (Å²) in [5.74, 6) is 0. The van der Waals surface area contributed by atoms with Crippen LogP contribution in [0.3, 0.4) is 0 Å². The summed E-state index contributed by atoms with van der Waals surface area (Å²) in [4.78, 5) is 6.54. The molecule has 0 saturated heterocycles. The summed E-state index contributed by atoms with van der Waals surface area (Å²) in [6.45, 7) is 8.72. The van der Waals surface area contributed by atoms with Crippen molar-refractivity contribution in [3.63, 3.8) is 0 Å². The van der Waals surface area contributed by atoms with E-state index in [0.717, 1.165) is 38.5 Å². The van der Waals surface area contributed by atoms with Crippen LogP contribution in [-0.2, 0) is 11.3 Å². The molecule has 0 aliphatic heterocycles. The molecule has 0 bridgehead atoms. The minimum absolute atomic E-state index is 0.320. The van der Waals surface area contributed by atoms with Crippen LogP contribution in [0.15, 0.2) is 24.4 Å². The van der Waals surface area contributed by atoms with Gasteiger partial charge in [-0.05, 0) is 33.0 Å². The molecule has 0 unspecified atom stereocenters. The van der Waals surface area contributed by atoms with E-state index in [9.17, 15) is 0 Å². The molecule has 1 heterocycles. The summed E-state index contributed by atoms with van der Waals surface area (Å²) in [6.07, 6.45) is 2.15. The highest BCUT2D eigenvalue weighted by atomic mass is 16.5. The van der Waals surface area contributed by atoms with Crippen LogP contribution in [0.1, 0.15) is 19.5 Å². The molecule has 18 heavy (non-hydrogen) atoms. The fourth-order valence-corrected chi connectivity index (χ4v) is 1.55. The van der Waals surface area contributed by atoms with Crippen LogP contribution < -0.4 is 5.32 Å². The highest BCUT2D eigenvalue weighted by molar-refractivity contribution is 5.02. The van der Waals surface area contributed by atoms with Gasteiger partial charge >= 0.3 is 0 Å². The number of hydrogen-bond acceptors (Lipinski definition) is 4. The van der Waals surface area contributed by atoms with Crippen molar-refractivity contribution < 1.29 is 4.74 Å². The molecular formula is C14H25N3O. The third-order valence-corrected chi connectivity index (χ3v) is 2.63. The predicted octanol–water partition coefficient (Wildman–Crippen LogP) is 1.53. The average Bonchev–Trinajstić information content (AvgIpc) is 2.35. The summed E-state index contributed by atoms with van der Waals surface area (Å²) in [7, 11) is 2.12. The molecule has 0 amide bonds. The molecule has 4 nitrogen and oxygen atoms in total. The second-order valence-corrected chi connectivity index (χ2v) is 4.72. The minimum atomic E-state index is 0.320. The first-order valence-corrected chi connectivity index (χ1v) is 6.59. The van der Waals surface area contributed by atoms with E-state index in [1.54, 1.807) is 0 Å². The van der Waals surface area contributed by atoms with Gasteiger partial charge < -0.3 is 15.0 Å². The molecule has 0 aliphatic rings. The minimum Gasteiger partial charge on any atom is -0.377 e. The quantitative estimate of drug-likeness (QED) is 0.675. The van der Waals surface area contributed by atoms with E-state index in [0.29, 0.717) is 6.10 Å². The number of nitrogens with one attached hydrogen (secondary N) is 1. The molecule has 0 radical (unpaired) electrons. The summed E-state index contributed by atoms with van der Waals surface area (Å²) in [5, 5.41) is 3.39. The molecule has 1 rings (SSSR count). The Morgan fingerprint density at radius 2 is 2.17 bits per heavy atom. The van der Waals surface area contributed by atoms with E-state index in [2.05, 4.69) is 36.1 Å². The number of rotatable bonds is 9. The van der Waals surface area contributed by atoms with Gasteiger partial charge in [0, 0.05) is 32.4 Å². The van der Waals surface area contributed by atoms with E-state index in [1.807, 2.05) is 24.4 Å². The van der Waals surface area contributed by atoms with Crippen molar-refractivity contribution in [3.8, 4) is 0 Å². The molecular weight excluding hydrogens is 226 g/mol. The standard InChI is InChI=1S/C14H25N3O/c1-13(2)18-11-10-17(3)9-8-15-12-14-6-4-5-7-16-14/h4-7,13,15H,8-12H2,1-3H3. The number of hydrogen-bond donors (Lipinski definition) is 1. The van der Waals surface area contributed by atoms with Gasteiger partial charge in [0.25, 0.3) is 0 Å². The van der Waals surface area contributed by atoms with Gasteiger partial charge in [-0.3, -0.25) is 4.98 Å². The van der Waals surface area contributed by atoms with Gasteiger partial charge in [-0.1, -0.05) is 6.07 Å². The Labute approximate surface area is 110 Å². The topological polar surface area (TPSA) is 37.4 Å². The number of ether oxygens (including phenoxy) is 1. The smallest absolute Gasteiger partial charge is 0.0596 e. The van der Waals surface area contributed by atoms with Gasteiger partial charge in [0.1, 0.15) is 0 Å². The molecule has 0 aliphatic carbocycles. The monoisotopic (exact) mass is 251 g/mol. The Bertz CT molecular complexity index is 303. The van der Waals surface area contributed by atoms with Crippen LogP contribution in [0.5, 0.6) is 0 Å². The Morgan fingerprint density at radius 1 is 1.33 bits per heavy atom. The van der Waals surface area contributed by atoms with Crippen molar-refractivity contribution in [3.05, 3.63) is 30.1 Å². The highest BCUT2D eigenvalue weighted by Gasteiger charge is 1.99. The molecule has 4 heteroatoms. The summed E-state index contributed by atoms with van der Waals surface area (Å²) in [6, 6.07) is 5.98. The maximum absolute atomic E-state index is 5.52. The van der Waals surface area contributed by atoms with Crippen molar-refractivity contribution in [2.45, 2.75) is 26.5 Å². The molecule has 1 N–H and O–H groups in total. The van der Waals surface area contributed by atoms with Crippen molar-refractivity contribution in [2.75, 3.05) is 33.3 Å². The first kappa shape index (κ1) is 15.1. The van der Waals surface area contributed by atoms with Gasteiger partial charge in [0.05, 0.1) is 18.4 Å². The lowest BCUT2D eigenvalue weighted by Crippen LogP contribution is -2.31. The van der Waals surface area contributed by atoms with Gasteiger partial charge in [0.15, 0.2) is 0 Å². The lowest BCUT2D eigenvalue weighted by molar-refractivity contribution is 0.0640. The molecule has 0 saturated carbocycles. The van der Waals surface area contributed by atoms with E-state index in [4.69, 9.17) is 4.74 Å². The SMILES string of the molecule is CC(C)OCCN(C)CCNCc1ccccn1. The summed E-state index contributed by atoms with van der Waals surface area (Å²) >= 11 is 0. The van der Waals surface area contributed by atoms with Crippen molar-refractivity contribution in [1.29, 1.82) is 0 Å². The molecule has 102 valence electrons. The Balaban J connectivity index is 2.00. The third kappa shape index (κ3) is 7.37. The lowest BCUT2D eigenvalue weighted by atomic mass is 10.3. The average molecular weight is 251 g/mol. The Kier molecular flexibility index (Phi) is 7.57. The highest BCUT2D eigenvalue weighted by Crippen LogP contribution is 1.92. The van der Waals surface area contributed by atoms with Crippen LogP contribution in [0, 0.1) is 0 Å². The summed E-state index contributed by atoms with van der Waals surface area (Å²) < 4.78 is 5.52. The number of nitrogens with zero attached hydrogens (tertiary/aromatic N) is 2. The van der Waals surface area contributed by atoms with E-state index in [1.165, 1.54) is 0 Å². The first-order valence-electron chi connectivity index (χ1n) is 6.59. The molecule has 0 spiro atoms. The zero-order valence-corrected chi connectivity index (χ0v) is 11.7. The van der Waals surface area contributed by atoms with E-state index < -0.39 is 0 Å². The van der Waals surface area contributed by atoms with E-state index in [-0.39, 0.29) is 0 Å². The molecule has 1 aromatic rings. The normalized spacial score (nSPS) is 11.4. The second kappa shape index (κ2) is 9.03. The molecule has 0 fully saturated rings.